The fourth-order valence-corrected chi connectivity index (χ4v) is 3.00. The molecule has 0 unspecified atom stereocenters. The summed E-state index contributed by atoms with van der Waals surface area (Å²) in [5.74, 6) is 1.58. The fourth-order valence-electron chi connectivity index (χ4n) is 3.00. The third kappa shape index (κ3) is 4.79. The van der Waals surface area contributed by atoms with Crippen LogP contribution in [0.1, 0.15) is 16.8 Å². The van der Waals surface area contributed by atoms with Crippen molar-refractivity contribution in [3.05, 3.63) is 95.6 Å². The number of rotatable bonds is 7. The Kier molecular flexibility index (Phi) is 5.52. The maximum absolute atomic E-state index is 12.9. The number of hydrogen-bond acceptors (Lipinski definition) is 5. The third-order valence-electron chi connectivity index (χ3n) is 4.54. The van der Waals surface area contributed by atoms with Gasteiger partial charge in [-0.2, -0.15) is 0 Å². The molecule has 6 heteroatoms. The van der Waals surface area contributed by atoms with Crippen molar-refractivity contribution in [2.24, 2.45) is 0 Å². The molecular formula is C23H20FN3O2. The molecule has 2 aromatic carbocycles. The summed E-state index contributed by atoms with van der Waals surface area (Å²) in [6.07, 6.45) is 3.00. The van der Waals surface area contributed by atoms with E-state index in [0.29, 0.717) is 24.6 Å². The molecule has 0 saturated heterocycles. The van der Waals surface area contributed by atoms with Crippen LogP contribution in [0.15, 0.2) is 77.4 Å². The van der Waals surface area contributed by atoms with Gasteiger partial charge < -0.3 is 15.0 Å². The summed E-state index contributed by atoms with van der Waals surface area (Å²) < 4.78 is 24.1. The summed E-state index contributed by atoms with van der Waals surface area (Å²) in [7, 11) is 0. The van der Waals surface area contributed by atoms with E-state index in [9.17, 15) is 4.39 Å². The van der Waals surface area contributed by atoms with Crippen LogP contribution in [0, 0.1) is 5.82 Å². The Labute approximate surface area is 168 Å². The van der Waals surface area contributed by atoms with Crippen molar-refractivity contribution in [2.45, 2.75) is 12.8 Å². The average molecular weight is 389 g/mol. The number of pyridine rings is 1. The highest BCUT2D eigenvalue weighted by atomic mass is 19.1. The van der Waals surface area contributed by atoms with E-state index >= 15 is 0 Å². The normalized spacial score (nSPS) is 10.8. The summed E-state index contributed by atoms with van der Waals surface area (Å²) in [5.41, 5.74) is 9.56. The monoisotopic (exact) mass is 389 g/mol. The lowest BCUT2D eigenvalue weighted by Gasteiger charge is -2.07. The zero-order chi connectivity index (χ0) is 20.1. The molecule has 0 aliphatic rings. The lowest BCUT2D eigenvalue weighted by molar-refractivity contribution is 0.322. The van der Waals surface area contributed by atoms with Gasteiger partial charge in [-0.3, -0.25) is 0 Å². The first kappa shape index (κ1) is 18.7. The number of benzene rings is 2. The summed E-state index contributed by atoms with van der Waals surface area (Å²) in [6.45, 7) is 0.532. The molecule has 0 atom stereocenters. The number of anilines is 1. The molecule has 0 saturated carbocycles. The van der Waals surface area contributed by atoms with Crippen molar-refractivity contribution < 1.29 is 13.7 Å². The van der Waals surface area contributed by atoms with Gasteiger partial charge in [-0.05, 0) is 47.5 Å². The van der Waals surface area contributed by atoms with Crippen LogP contribution in [0.3, 0.4) is 0 Å². The smallest absolute Gasteiger partial charge is 0.170 e. The molecule has 0 fully saturated rings. The van der Waals surface area contributed by atoms with E-state index in [-0.39, 0.29) is 5.82 Å². The Morgan fingerprint density at radius 1 is 0.966 bits per heavy atom. The number of aromatic nitrogens is 2. The van der Waals surface area contributed by atoms with Crippen LogP contribution in [0.2, 0.25) is 0 Å². The Morgan fingerprint density at radius 2 is 1.72 bits per heavy atom. The number of nitrogen functional groups attached to an aromatic ring is 1. The number of halogens is 1. The Morgan fingerprint density at radius 3 is 2.48 bits per heavy atom. The second kappa shape index (κ2) is 8.56. The second-order valence-corrected chi connectivity index (χ2v) is 6.66. The molecule has 0 aliphatic carbocycles. The van der Waals surface area contributed by atoms with Crippen LogP contribution in [-0.2, 0) is 12.8 Å². The van der Waals surface area contributed by atoms with Gasteiger partial charge in [-0.15, -0.1) is 0 Å². The maximum atomic E-state index is 12.9. The van der Waals surface area contributed by atoms with E-state index in [0.717, 1.165) is 34.6 Å². The highest BCUT2D eigenvalue weighted by Crippen LogP contribution is 2.25. The maximum Gasteiger partial charge on any atom is 0.170 e. The largest absolute Gasteiger partial charge is 0.493 e. The summed E-state index contributed by atoms with van der Waals surface area (Å²) in [6, 6.07) is 19.9. The van der Waals surface area contributed by atoms with Crippen molar-refractivity contribution in [1.29, 1.82) is 0 Å². The number of nitrogens with two attached hydrogens (primary N) is 1. The predicted octanol–water partition coefficient (Wildman–Crippen LogP) is 4.67. The number of ether oxygens (including phenoxy) is 1. The molecule has 0 radical (unpaired) electrons. The number of nitrogens with zero attached hydrogens (tertiary/aromatic N) is 2. The van der Waals surface area contributed by atoms with Crippen molar-refractivity contribution in [1.82, 2.24) is 10.1 Å². The molecule has 0 aliphatic heterocycles. The van der Waals surface area contributed by atoms with Crippen LogP contribution >= 0.6 is 0 Å². The lowest BCUT2D eigenvalue weighted by atomic mass is 10.1. The third-order valence-corrected chi connectivity index (χ3v) is 4.54. The first-order chi connectivity index (χ1) is 14.2. The summed E-state index contributed by atoms with van der Waals surface area (Å²) in [4.78, 5) is 4.07. The van der Waals surface area contributed by atoms with Crippen molar-refractivity contribution in [3.8, 4) is 17.1 Å². The molecule has 0 spiro atoms. The van der Waals surface area contributed by atoms with Gasteiger partial charge in [0.2, 0.25) is 0 Å². The van der Waals surface area contributed by atoms with E-state index in [2.05, 4.69) is 10.1 Å². The molecule has 146 valence electrons. The minimum atomic E-state index is -0.228. The molecule has 29 heavy (non-hydrogen) atoms. The van der Waals surface area contributed by atoms with Crippen LogP contribution in [0.4, 0.5) is 10.2 Å². The molecule has 2 N–H and O–H groups in total. The van der Waals surface area contributed by atoms with E-state index in [4.69, 9.17) is 15.0 Å². The van der Waals surface area contributed by atoms with Gasteiger partial charge in [0.05, 0.1) is 17.9 Å². The zero-order valence-corrected chi connectivity index (χ0v) is 15.7. The van der Waals surface area contributed by atoms with Crippen LogP contribution in [-0.4, -0.2) is 16.7 Å². The van der Waals surface area contributed by atoms with Crippen molar-refractivity contribution >= 4 is 5.82 Å². The summed E-state index contributed by atoms with van der Waals surface area (Å²) >= 11 is 0. The number of hydrogen-bond donors (Lipinski definition) is 1. The average Bonchev–Trinajstić information content (AvgIpc) is 3.19. The Bertz CT molecular complexity index is 1080. The van der Waals surface area contributed by atoms with E-state index in [1.54, 1.807) is 18.3 Å². The van der Waals surface area contributed by atoms with Gasteiger partial charge in [0.25, 0.3) is 0 Å². The topological polar surface area (TPSA) is 74.2 Å². The first-order valence-electron chi connectivity index (χ1n) is 9.30. The molecule has 0 amide bonds. The lowest BCUT2D eigenvalue weighted by Crippen LogP contribution is -2.01. The van der Waals surface area contributed by atoms with Gasteiger partial charge >= 0.3 is 0 Å². The standard InChI is InChI=1S/C23H20FN3O2/c24-18-7-3-16(4-8-18)11-13-28-20-9-5-17(6-10-20)14-19-15-22(29-27-19)21-2-1-12-26-23(21)25/h1-10,12,15H,11,13-14H2,(H2,25,26). The molecule has 4 rings (SSSR count). The van der Waals surface area contributed by atoms with Gasteiger partial charge in [-0.25, -0.2) is 9.37 Å². The van der Waals surface area contributed by atoms with Crippen LogP contribution in [0.25, 0.3) is 11.3 Å². The quantitative estimate of drug-likeness (QED) is 0.497. The molecule has 4 aromatic rings. The fraction of sp³-hybridized carbons (Fsp3) is 0.130. The Hall–Kier alpha value is -3.67. The van der Waals surface area contributed by atoms with E-state index < -0.39 is 0 Å². The van der Waals surface area contributed by atoms with Gasteiger partial charge in [0.1, 0.15) is 17.4 Å². The molecular weight excluding hydrogens is 369 g/mol. The highest BCUT2D eigenvalue weighted by molar-refractivity contribution is 5.69. The second-order valence-electron chi connectivity index (χ2n) is 6.66. The SMILES string of the molecule is Nc1ncccc1-c1cc(Cc2ccc(OCCc3ccc(F)cc3)cc2)no1. The zero-order valence-electron chi connectivity index (χ0n) is 15.7. The Balaban J connectivity index is 1.33. The van der Waals surface area contributed by atoms with E-state index in [1.807, 2.05) is 42.5 Å². The highest BCUT2D eigenvalue weighted by Gasteiger charge is 2.10. The van der Waals surface area contributed by atoms with Gasteiger partial charge in [-0.1, -0.05) is 29.4 Å². The van der Waals surface area contributed by atoms with Crippen molar-refractivity contribution in [3.63, 3.8) is 0 Å². The van der Waals surface area contributed by atoms with Crippen LogP contribution < -0.4 is 10.5 Å². The molecule has 2 heterocycles. The molecule has 5 nitrogen and oxygen atoms in total. The minimum Gasteiger partial charge on any atom is -0.493 e. The summed E-state index contributed by atoms with van der Waals surface area (Å²) in [5, 5.41) is 4.12. The first-order valence-corrected chi connectivity index (χ1v) is 9.30. The minimum absolute atomic E-state index is 0.228. The molecule has 2 aromatic heterocycles. The van der Waals surface area contributed by atoms with Crippen molar-refractivity contribution in [2.75, 3.05) is 12.3 Å². The van der Waals surface area contributed by atoms with Gasteiger partial charge in [0, 0.05) is 25.1 Å². The van der Waals surface area contributed by atoms with Crippen LogP contribution in [0.5, 0.6) is 5.75 Å². The predicted molar refractivity (Wildman–Crippen MR) is 109 cm³/mol. The van der Waals surface area contributed by atoms with Gasteiger partial charge in [0.15, 0.2) is 5.76 Å². The van der Waals surface area contributed by atoms with E-state index in [1.165, 1.54) is 12.1 Å². The molecule has 0 bridgehead atoms.